The van der Waals surface area contributed by atoms with Gasteiger partial charge in [0.25, 0.3) is 5.91 Å². The Hall–Kier alpha value is -2.23. The van der Waals surface area contributed by atoms with E-state index in [2.05, 4.69) is 5.32 Å². The number of carbonyl (C=O) groups excluding carboxylic acids is 1. The summed E-state index contributed by atoms with van der Waals surface area (Å²) in [7, 11) is 0. The van der Waals surface area contributed by atoms with E-state index in [1.165, 1.54) is 6.26 Å². The summed E-state index contributed by atoms with van der Waals surface area (Å²) in [6.07, 6.45) is 1.49. The standard InChI is InChI=1S/C14H16N2O2/c1-8-4-5-18-13(8)14(17)16-12-7-10(3)9(2)6-11(12)15/h4-7H,15H2,1-3H3,(H,16,17). The van der Waals surface area contributed by atoms with Crippen LogP contribution < -0.4 is 11.1 Å². The minimum atomic E-state index is -0.285. The molecule has 2 rings (SSSR count). The van der Waals surface area contributed by atoms with Gasteiger partial charge in [0.05, 0.1) is 17.6 Å². The Morgan fingerprint density at radius 3 is 2.44 bits per heavy atom. The molecule has 1 aromatic heterocycles. The molecule has 3 N–H and O–H groups in total. The second-order valence-electron chi connectivity index (χ2n) is 4.41. The number of benzene rings is 1. The van der Waals surface area contributed by atoms with Gasteiger partial charge in [-0.15, -0.1) is 0 Å². The van der Waals surface area contributed by atoms with E-state index in [9.17, 15) is 4.79 Å². The Morgan fingerprint density at radius 1 is 1.17 bits per heavy atom. The molecule has 1 heterocycles. The van der Waals surface area contributed by atoms with Crippen LogP contribution >= 0.6 is 0 Å². The van der Waals surface area contributed by atoms with Crippen molar-refractivity contribution < 1.29 is 9.21 Å². The molecule has 1 amide bonds. The van der Waals surface area contributed by atoms with E-state index in [-0.39, 0.29) is 5.91 Å². The molecule has 0 aliphatic rings. The lowest BCUT2D eigenvalue weighted by molar-refractivity contribution is 0.0996. The van der Waals surface area contributed by atoms with Crippen molar-refractivity contribution in [2.45, 2.75) is 20.8 Å². The first-order valence-electron chi connectivity index (χ1n) is 5.71. The minimum Gasteiger partial charge on any atom is -0.459 e. The molecule has 1 aromatic carbocycles. The van der Waals surface area contributed by atoms with E-state index in [0.29, 0.717) is 17.1 Å². The predicted molar refractivity (Wildman–Crippen MR) is 71.7 cm³/mol. The fourth-order valence-corrected chi connectivity index (χ4v) is 1.73. The van der Waals surface area contributed by atoms with Crippen LogP contribution in [0.25, 0.3) is 0 Å². The molecule has 94 valence electrons. The Morgan fingerprint density at radius 2 is 1.83 bits per heavy atom. The van der Waals surface area contributed by atoms with Gasteiger partial charge in [0.1, 0.15) is 0 Å². The maximum atomic E-state index is 12.0. The lowest BCUT2D eigenvalue weighted by atomic mass is 10.1. The second kappa shape index (κ2) is 4.56. The van der Waals surface area contributed by atoms with Crippen LogP contribution in [0.15, 0.2) is 28.9 Å². The number of amides is 1. The Labute approximate surface area is 106 Å². The monoisotopic (exact) mass is 244 g/mol. The summed E-state index contributed by atoms with van der Waals surface area (Å²) in [5, 5.41) is 2.76. The molecule has 4 heteroatoms. The number of nitrogen functional groups attached to an aromatic ring is 1. The lowest BCUT2D eigenvalue weighted by Gasteiger charge is -2.10. The van der Waals surface area contributed by atoms with E-state index in [1.54, 1.807) is 6.07 Å². The SMILES string of the molecule is Cc1cc(N)c(NC(=O)c2occc2C)cc1C. The zero-order valence-corrected chi connectivity index (χ0v) is 10.7. The molecule has 18 heavy (non-hydrogen) atoms. The van der Waals surface area contributed by atoms with E-state index in [4.69, 9.17) is 10.2 Å². The molecule has 0 aliphatic heterocycles. The van der Waals surface area contributed by atoms with E-state index < -0.39 is 0 Å². The molecular formula is C14H16N2O2. The number of hydrogen-bond acceptors (Lipinski definition) is 3. The number of nitrogens with one attached hydrogen (secondary N) is 1. The third kappa shape index (κ3) is 2.22. The fraction of sp³-hybridized carbons (Fsp3) is 0.214. The van der Waals surface area contributed by atoms with Crippen LogP contribution in [0.5, 0.6) is 0 Å². The normalized spacial score (nSPS) is 10.4. The first-order chi connectivity index (χ1) is 8.49. The highest BCUT2D eigenvalue weighted by Gasteiger charge is 2.14. The number of aryl methyl sites for hydroxylation is 3. The molecule has 0 radical (unpaired) electrons. The largest absolute Gasteiger partial charge is 0.459 e. The molecule has 0 saturated heterocycles. The molecule has 0 bridgehead atoms. The number of carbonyl (C=O) groups is 1. The van der Waals surface area contributed by atoms with Crippen LogP contribution in [0, 0.1) is 20.8 Å². The zero-order valence-electron chi connectivity index (χ0n) is 10.7. The molecule has 0 unspecified atom stereocenters. The summed E-state index contributed by atoms with van der Waals surface area (Å²) in [5.74, 6) is 0.0279. The van der Waals surface area contributed by atoms with Crippen molar-refractivity contribution >= 4 is 17.3 Å². The summed E-state index contributed by atoms with van der Waals surface area (Å²) in [4.78, 5) is 12.0. The highest BCUT2D eigenvalue weighted by molar-refractivity contribution is 6.04. The van der Waals surface area contributed by atoms with Gasteiger partial charge in [0, 0.05) is 5.56 Å². The van der Waals surface area contributed by atoms with Gasteiger partial charge in [-0.05, 0) is 50.1 Å². The summed E-state index contributed by atoms with van der Waals surface area (Å²) >= 11 is 0. The van der Waals surface area contributed by atoms with Crippen molar-refractivity contribution in [3.05, 3.63) is 46.9 Å². The predicted octanol–water partition coefficient (Wildman–Crippen LogP) is 3.04. The van der Waals surface area contributed by atoms with Crippen molar-refractivity contribution in [1.82, 2.24) is 0 Å². The quantitative estimate of drug-likeness (QED) is 0.798. The number of hydrogen-bond donors (Lipinski definition) is 2. The molecule has 0 aliphatic carbocycles. The Kier molecular flexibility index (Phi) is 3.10. The molecule has 0 fully saturated rings. The highest BCUT2D eigenvalue weighted by atomic mass is 16.3. The first kappa shape index (κ1) is 12.2. The summed E-state index contributed by atoms with van der Waals surface area (Å²) in [5.41, 5.74) is 10.0. The third-order valence-electron chi connectivity index (χ3n) is 2.98. The van der Waals surface area contributed by atoms with Crippen LogP contribution in [-0.2, 0) is 0 Å². The summed E-state index contributed by atoms with van der Waals surface area (Å²) in [6, 6.07) is 5.46. The van der Waals surface area contributed by atoms with Gasteiger partial charge in [-0.1, -0.05) is 0 Å². The van der Waals surface area contributed by atoms with Gasteiger partial charge >= 0.3 is 0 Å². The minimum absolute atomic E-state index is 0.285. The molecule has 0 spiro atoms. The van der Waals surface area contributed by atoms with E-state index >= 15 is 0 Å². The van der Waals surface area contributed by atoms with Gasteiger partial charge < -0.3 is 15.5 Å². The summed E-state index contributed by atoms with van der Waals surface area (Å²) in [6.45, 7) is 5.78. The molecule has 2 aromatic rings. The summed E-state index contributed by atoms with van der Waals surface area (Å²) < 4.78 is 5.14. The van der Waals surface area contributed by atoms with E-state index in [0.717, 1.165) is 16.7 Å². The van der Waals surface area contributed by atoms with Crippen LogP contribution in [0.4, 0.5) is 11.4 Å². The van der Waals surface area contributed by atoms with Crippen LogP contribution in [-0.4, -0.2) is 5.91 Å². The topological polar surface area (TPSA) is 68.3 Å². The van der Waals surface area contributed by atoms with Crippen LogP contribution in [0.2, 0.25) is 0 Å². The molecule has 4 nitrogen and oxygen atoms in total. The van der Waals surface area contributed by atoms with Crippen molar-refractivity contribution in [2.75, 3.05) is 11.1 Å². The number of furan rings is 1. The lowest BCUT2D eigenvalue weighted by Crippen LogP contribution is -2.13. The highest BCUT2D eigenvalue weighted by Crippen LogP contribution is 2.24. The first-order valence-corrected chi connectivity index (χ1v) is 5.71. The van der Waals surface area contributed by atoms with E-state index in [1.807, 2.05) is 32.9 Å². The van der Waals surface area contributed by atoms with Crippen molar-refractivity contribution in [3.8, 4) is 0 Å². The van der Waals surface area contributed by atoms with Crippen LogP contribution in [0.1, 0.15) is 27.2 Å². The third-order valence-corrected chi connectivity index (χ3v) is 2.98. The molecular weight excluding hydrogens is 228 g/mol. The smallest absolute Gasteiger partial charge is 0.291 e. The maximum absolute atomic E-state index is 12.0. The van der Waals surface area contributed by atoms with Crippen LogP contribution in [0.3, 0.4) is 0 Å². The average molecular weight is 244 g/mol. The van der Waals surface area contributed by atoms with Crippen molar-refractivity contribution in [2.24, 2.45) is 0 Å². The molecule has 0 atom stereocenters. The van der Waals surface area contributed by atoms with Gasteiger partial charge in [-0.3, -0.25) is 4.79 Å². The number of anilines is 2. The fourth-order valence-electron chi connectivity index (χ4n) is 1.73. The number of rotatable bonds is 2. The number of nitrogens with two attached hydrogens (primary N) is 1. The maximum Gasteiger partial charge on any atom is 0.291 e. The van der Waals surface area contributed by atoms with Gasteiger partial charge in [0.2, 0.25) is 0 Å². The van der Waals surface area contributed by atoms with Crippen molar-refractivity contribution in [1.29, 1.82) is 0 Å². The van der Waals surface area contributed by atoms with Gasteiger partial charge in [-0.25, -0.2) is 0 Å². The van der Waals surface area contributed by atoms with Gasteiger partial charge in [-0.2, -0.15) is 0 Å². The second-order valence-corrected chi connectivity index (χ2v) is 4.41. The Balaban J connectivity index is 2.28. The zero-order chi connectivity index (χ0) is 13.3. The van der Waals surface area contributed by atoms with Crippen molar-refractivity contribution in [3.63, 3.8) is 0 Å². The van der Waals surface area contributed by atoms with Gasteiger partial charge in [0.15, 0.2) is 5.76 Å². The molecule has 0 saturated carbocycles. The average Bonchev–Trinajstić information content (AvgIpc) is 2.72. The Bertz CT molecular complexity index is 600.